The van der Waals surface area contributed by atoms with E-state index in [-0.39, 0.29) is 18.4 Å². The molecule has 0 unspecified atom stereocenters. The summed E-state index contributed by atoms with van der Waals surface area (Å²) < 4.78 is 10.8. The van der Waals surface area contributed by atoms with Crippen molar-refractivity contribution in [3.8, 4) is 11.5 Å². The quantitative estimate of drug-likeness (QED) is 0.644. The first-order chi connectivity index (χ1) is 15.5. The van der Waals surface area contributed by atoms with Gasteiger partial charge in [0.25, 0.3) is 5.91 Å². The van der Waals surface area contributed by atoms with Gasteiger partial charge >= 0.3 is 0 Å². The van der Waals surface area contributed by atoms with Crippen molar-refractivity contribution in [3.63, 3.8) is 0 Å². The molecule has 2 atom stereocenters. The first kappa shape index (κ1) is 21.3. The Morgan fingerprint density at radius 1 is 1.09 bits per heavy atom. The number of aromatic nitrogens is 2. The van der Waals surface area contributed by atoms with Crippen LogP contribution in [0, 0.1) is 0 Å². The van der Waals surface area contributed by atoms with E-state index >= 15 is 0 Å². The molecule has 2 aromatic heterocycles. The lowest BCUT2D eigenvalue weighted by atomic mass is 9.79. The summed E-state index contributed by atoms with van der Waals surface area (Å²) in [5.41, 5.74) is 2.50. The van der Waals surface area contributed by atoms with Crippen molar-refractivity contribution in [3.05, 3.63) is 83.4 Å². The maximum absolute atomic E-state index is 13.6. The second-order valence-electron chi connectivity index (χ2n) is 7.46. The number of rotatable bonds is 6. The first-order valence-corrected chi connectivity index (χ1v) is 10.2. The van der Waals surface area contributed by atoms with Crippen LogP contribution in [0.15, 0.2) is 61.1 Å². The number of methoxy groups -OCH3 is 2. The zero-order valence-corrected chi connectivity index (χ0v) is 18.1. The summed E-state index contributed by atoms with van der Waals surface area (Å²) in [6.07, 6.45) is 5.02. The fourth-order valence-corrected chi connectivity index (χ4v) is 4.09. The average Bonchev–Trinajstić information content (AvgIpc) is 2.84. The zero-order valence-electron chi connectivity index (χ0n) is 18.1. The minimum Gasteiger partial charge on any atom is -0.493 e. The second kappa shape index (κ2) is 9.05. The smallest absolute Gasteiger partial charge is 0.254 e. The topological polar surface area (TPSA) is 93.7 Å². The predicted molar refractivity (Wildman–Crippen MR) is 117 cm³/mol. The highest BCUT2D eigenvalue weighted by atomic mass is 16.5. The van der Waals surface area contributed by atoms with E-state index in [0.717, 1.165) is 11.3 Å². The number of hydrogen-bond acceptors (Lipinski definition) is 6. The van der Waals surface area contributed by atoms with Crippen LogP contribution in [0.2, 0.25) is 0 Å². The molecule has 1 aliphatic rings. The third kappa shape index (κ3) is 3.87. The number of carbonyl (C=O) groups is 2. The van der Waals surface area contributed by atoms with Crippen molar-refractivity contribution >= 4 is 11.8 Å². The van der Waals surface area contributed by atoms with E-state index in [1.807, 2.05) is 24.3 Å². The SMILES string of the molecule is COc1cc2c(cc1OC)[C@H](C(=O)NCc1ccccn1)[C@@H](c1cccnc1)N(C)C2=O. The predicted octanol–water partition coefficient (Wildman–Crippen LogP) is 2.72. The van der Waals surface area contributed by atoms with Gasteiger partial charge in [-0.05, 0) is 41.5 Å². The molecular weight excluding hydrogens is 408 g/mol. The summed E-state index contributed by atoms with van der Waals surface area (Å²) in [6.45, 7) is 0.274. The molecule has 8 nitrogen and oxygen atoms in total. The average molecular weight is 432 g/mol. The number of likely N-dealkylation sites (N-methyl/N-ethyl adjacent to an activating group) is 1. The van der Waals surface area contributed by atoms with Gasteiger partial charge in [0.15, 0.2) is 11.5 Å². The molecule has 1 aliphatic heterocycles. The van der Waals surface area contributed by atoms with Crippen LogP contribution in [0.25, 0.3) is 0 Å². The molecule has 0 aliphatic carbocycles. The Morgan fingerprint density at radius 2 is 1.88 bits per heavy atom. The summed E-state index contributed by atoms with van der Waals surface area (Å²) in [4.78, 5) is 36.9. The van der Waals surface area contributed by atoms with E-state index in [2.05, 4.69) is 15.3 Å². The molecule has 164 valence electrons. The molecule has 4 rings (SSSR count). The molecule has 3 aromatic rings. The van der Waals surface area contributed by atoms with Gasteiger partial charge in [0.2, 0.25) is 5.91 Å². The van der Waals surface area contributed by atoms with Gasteiger partial charge in [-0.15, -0.1) is 0 Å². The van der Waals surface area contributed by atoms with Crippen LogP contribution in [-0.4, -0.2) is 47.9 Å². The van der Waals surface area contributed by atoms with E-state index in [1.54, 1.807) is 48.7 Å². The third-order valence-electron chi connectivity index (χ3n) is 5.65. The van der Waals surface area contributed by atoms with Crippen molar-refractivity contribution in [2.45, 2.75) is 18.5 Å². The molecule has 3 heterocycles. The number of fused-ring (bicyclic) bond motifs is 1. The first-order valence-electron chi connectivity index (χ1n) is 10.2. The molecule has 0 saturated heterocycles. The Morgan fingerprint density at radius 3 is 2.53 bits per heavy atom. The lowest BCUT2D eigenvalue weighted by Gasteiger charge is -2.39. The van der Waals surface area contributed by atoms with Gasteiger partial charge in [-0.1, -0.05) is 12.1 Å². The van der Waals surface area contributed by atoms with Crippen molar-refractivity contribution in [2.24, 2.45) is 0 Å². The van der Waals surface area contributed by atoms with Gasteiger partial charge in [-0.3, -0.25) is 19.6 Å². The minimum absolute atomic E-state index is 0.205. The summed E-state index contributed by atoms with van der Waals surface area (Å²) in [6, 6.07) is 12.0. The number of amides is 2. The maximum Gasteiger partial charge on any atom is 0.254 e. The third-order valence-corrected chi connectivity index (χ3v) is 5.65. The molecule has 0 spiro atoms. The van der Waals surface area contributed by atoms with Gasteiger partial charge in [0.05, 0.1) is 38.4 Å². The molecular formula is C24H24N4O4. The van der Waals surface area contributed by atoms with Crippen molar-refractivity contribution in [1.29, 1.82) is 0 Å². The lowest BCUT2D eigenvalue weighted by molar-refractivity contribution is -0.124. The fourth-order valence-electron chi connectivity index (χ4n) is 4.09. The van der Waals surface area contributed by atoms with Crippen LogP contribution in [0.5, 0.6) is 11.5 Å². The molecule has 32 heavy (non-hydrogen) atoms. The van der Waals surface area contributed by atoms with Gasteiger partial charge < -0.3 is 19.7 Å². The van der Waals surface area contributed by atoms with E-state index in [1.165, 1.54) is 14.2 Å². The van der Waals surface area contributed by atoms with E-state index in [0.29, 0.717) is 22.6 Å². The van der Waals surface area contributed by atoms with E-state index < -0.39 is 12.0 Å². The Labute approximate surface area is 186 Å². The molecule has 8 heteroatoms. The molecule has 1 N–H and O–H groups in total. The summed E-state index contributed by atoms with van der Waals surface area (Å²) >= 11 is 0. The minimum atomic E-state index is -0.680. The second-order valence-corrected chi connectivity index (χ2v) is 7.46. The highest BCUT2D eigenvalue weighted by Crippen LogP contribution is 2.45. The fraction of sp³-hybridized carbons (Fsp3) is 0.250. The van der Waals surface area contributed by atoms with E-state index in [9.17, 15) is 9.59 Å². The van der Waals surface area contributed by atoms with Gasteiger partial charge in [-0.25, -0.2) is 0 Å². The molecule has 0 saturated carbocycles. The lowest BCUT2D eigenvalue weighted by Crippen LogP contribution is -2.45. The Kier molecular flexibility index (Phi) is 6.02. The van der Waals surface area contributed by atoms with Crippen LogP contribution in [0.3, 0.4) is 0 Å². The van der Waals surface area contributed by atoms with E-state index in [4.69, 9.17) is 9.47 Å². The Bertz CT molecular complexity index is 1120. The van der Waals surface area contributed by atoms with Gasteiger partial charge in [-0.2, -0.15) is 0 Å². The molecule has 0 bridgehead atoms. The van der Waals surface area contributed by atoms with Crippen LogP contribution in [0.4, 0.5) is 0 Å². The number of carbonyl (C=O) groups excluding carboxylic acids is 2. The number of hydrogen-bond donors (Lipinski definition) is 1. The number of pyridine rings is 2. The highest BCUT2D eigenvalue weighted by molar-refractivity contribution is 6.02. The summed E-state index contributed by atoms with van der Waals surface area (Å²) in [5.74, 6) is -0.224. The number of nitrogens with one attached hydrogen (secondary N) is 1. The molecule has 2 amide bonds. The molecule has 0 radical (unpaired) electrons. The molecule has 1 aromatic carbocycles. The Hall–Kier alpha value is -3.94. The van der Waals surface area contributed by atoms with Crippen LogP contribution in [0.1, 0.15) is 39.1 Å². The normalized spacial score (nSPS) is 17.5. The van der Waals surface area contributed by atoms with Crippen molar-refractivity contribution < 1.29 is 19.1 Å². The monoisotopic (exact) mass is 432 g/mol. The standard InChI is InChI=1S/C24H24N4O4/c1-28-22(15-7-6-9-25-13-15)21(23(29)27-14-16-8-4-5-10-26-16)17-11-19(31-2)20(32-3)12-18(17)24(28)30/h4-13,21-22H,14H2,1-3H3,(H,27,29)/t21-,22+/m0/s1. The van der Waals surface area contributed by atoms with Gasteiger partial charge in [0.1, 0.15) is 0 Å². The largest absolute Gasteiger partial charge is 0.493 e. The van der Waals surface area contributed by atoms with Crippen molar-refractivity contribution in [2.75, 3.05) is 21.3 Å². The van der Waals surface area contributed by atoms with Crippen molar-refractivity contribution in [1.82, 2.24) is 20.2 Å². The maximum atomic E-state index is 13.6. The molecule has 0 fully saturated rings. The number of ether oxygens (including phenoxy) is 2. The van der Waals surface area contributed by atoms with Crippen LogP contribution >= 0.6 is 0 Å². The van der Waals surface area contributed by atoms with Gasteiger partial charge in [0, 0.05) is 31.2 Å². The Balaban J connectivity index is 1.80. The summed E-state index contributed by atoms with van der Waals surface area (Å²) in [7, 11) is 4.73. The number of benzene rings is 1. The van der Waals surface area contributed by atoms with Crippen LogP contribution < -0.4 is 14.8 Å². The highest BCUT2D eigenvalue weighted by Gasteiger charge is 2.43. The summed E-state index contributed by atoms with van der Waals surface area (Å²) in [5, 5.41) is 2.98. The zero-order chi connectivity index (χ0) is 22.7. The number of nitrogens with zero attached hydrogens (tertiary/aromatic N) is 3. The van der Waals surface area contributed by atoms with Crippen LogP contribution in [-0.2, 0) is 11.3 Å².